The van der Waals surface area contributed by atoms with Crippen LogP contribution >= 0.6 is 23.5 Å². The predicted octanol–water partition coefficient (Wildman–Crippen LogP) is 4.76. The SMILES string of the molecule is COc1cc(C2SCCS2)ccc1OCc1ccc(C#N)cc1F. The number of nitriles is 1. The van der Waals surface area contributed by atoms with Gasteiger partial charge in [-0.25, -0.2) is 4.39 Å². The van der Waals surface area contributed by atoms with Crippen molar-refractivity contribution >= 4 is 23.5 Å². The van der Waals surface area contributed by atoms with Crippen molar-refractivity contribution in [2.75, 3.05) is 18.6 Å². The van der Waals surface area contributed by atoms with Crippen LogP contribution in [0.2, 0.25) is 0 Å². The highest BCUT2D eigenvalue weighted by molar-refractivity contribution is 8.19. The summed E-state index contributed by atoms with van der Waals surface area (Å²) < 4.78 is 25.5. The second-order valence-electron chi connectivity index (χ2n) is 5.19. The van der Waals surface area contributed by atoms with Crippen molar-refractivity contribution in [1.29, 1.82) is 5.26 Å². The van der Waals surface area contributed by atoms with Gasteiger partial charge < -0.3 is 9.47 Å². The van der Waals surface area contributed by atoms with Gasteiger partial charge in [0.05, 0.1) is 23.3 Å². The lowest BCUT2D eigenvalue weighted by molar-refractivity contribution is 0.279. The molecule has 0 amide bonds. The molecule has 0 aliphatic carbocycles. The second kappa shape index (κ2) is 7.82. The lowest BCUT2D eigenvalue weighted by atomic mass is 10.1. The van der Waals surface area contributed by atoms with Gasteiger partial charge in [0.25, 0.3) is 0 Å². The van der Waals surface area contributed by atoms with E-state index in [4.69, 9.17) is 14.7 Å². The standard InChI is InChI=1S/C18H16FNO2S2/c1-21-17-9-13(18-23-6-7-24-18)4-5-16(17)22-11-14-3-2-12(10-20)8-15(14)19/h2-5,8-9,18H,6-7,11H2,1H3. The Bertz CT molecular complexity index is 770. The molecule has 3 nitrogen and oxygen atoms in total. The van der Waals surface area contributed by atoms with Crippen LogP contribution < -0.4 is 9.47 Å². The Labute approximate surface area is 149 Å². The highest BCUT2D eigenvalue weighted by atomic mass is 32.2. The minimum absolute atomic E-state index is 0.0835. The molecule has 1 fully saturated rings. The van der Waals surface area contributed by atoms with Crippen LogP contribution in [0.25, 0.3) is 0 Å². The maximum Gasteiger partial charge on any atom is 0.161 e. The molecule has 0 N–H and O–H groups in total. The van der Waals surface area contributed by atoms with Gasteiger partial charge in [-0.15, -0.1) is 23.5 Å². The monoisotopic (exact) mass is 361 g/mol. The van der Waals surface area contributed by atoms with Gasteiger partial charge in [0.15, 0.2) is 11.5 Å². The third-order valence-corrected chi connectivity index (χ3v) is 6.75. The summed E-state index contributed by atoms with van der Waals surface area (Å²) >= 11 is 3.85. The average molecular weight is 361 g/mol. The molecule has 1 saturated heterocycles. The van der Waals surface area contributed by atoms with E-state index >= 15 is 0 Å². The van der Waals surface area contributed by atoms with Crippen LogP contribution in [0.15, 0.2) is 36.4 Å². The number of benzene rings is 2. The molecule has 2 aromatic rings. The first-order valence-electron chi connectivity index (χ1n) is 7.43. The Morgan fingerprint density at radius 3 is 2.62 bits per heavy atom. The number of rotatable bonds is 5. The molecule has 0 saturated carbocycles. The first kappa shape index (κ1) is 17.0. The van der Waals surface area contributed by atoms with Gasteiger partial charge in [-0.1, -0.05) is 12.1 Å². The molecule has 0 atom stereocenters. The summed E-state index contributed by atoms with van der Waals surface area (Å²) in [5.41, 5.74) is 1.91. The van der Waals surface area contributed by atoms with E-state index in [9.17, 15) is 4.39 Å². The molecule has 0 radical (unpaired) electrons. The highest BCUT2D eigenvalue weighted by Gasteiger charge is 2.20. The quantitative estimate of drug-likeness (QED) is 0.768. The Morgan fingerprint density at radius 2 is 1.96 bits per heavy atom. The number of ether oxygens (including phenoxy) is 2. The molecule has 0 unspecified atom stereocenters. The molecule has 1 aliphatic heterocycles. The first-order valence-corrected chi connectivity index (χ1v) is 9.53. The molecular formula is C18H16FNO2S2. The normalized spacial score (nSPS) is 14.4. The van der Waals surface area contributed by atoms with Gasteiger partial charge in [0.2, 0.25) is 0 Å². The largest absolute Gasteiger partial charge is 0.493 e. The smallest absolute Gasteiger partial charge is 0.161 e. The van der Waals surface area contributed by atoms with Crippen molar-refractivity contribution in [3.8, 4) is 17.6 Å². The third kappa shape index (κ3) is 3.80. The van der Waals surface area contributed by atoms with E-state index in [2.05, 4.69) is 0 Å². The third-order valence-electron chi connectivity index (χ3n) is 3.65. The Kier molecular flexibility index (Phi) is 5.54. The van der Waals surface area contributed by atoms with E-state index in [-0.39, 0.29) is 6.61 Å². The number of methoxy groups -OCH3 is 1. The van der Waals surface area contributed by atoms with E-state index < -0.39 is 5.82 Å². The zero-order chi connectivity index (χ0) is 16.9. The number of hydrogen-bond acceptors (Lipinski definition) is 5. The van der Waals surface area contributed by atoms with Gasteiger partial charge in [-0.2, -0.15) is 5.26 Å². The number of hydrogen-bond donors (Lipinski definition) is 0. The average Bonchev–Trinajstić information content (AvgIpc) is 3.15. The Balaban J connectivity index is 1.74. The zero-order valence-corrected chi connectivity index (χ0v) is 14.8. The molecule has 3 rings (SSSR count). The van der Waals surface area contributed by atoms with Gasteiger partial charge in [-0.05, 0) is 29.8 Å². The number of thioether (sulfide) groups is 2. The number of nitrogens with zero attached hydrogens (tertiary/aromatic N) is 1. The molecule has 0 spiro atoms. The minimum Gasteiger partial charge on any atom is -0.493 e. The van der Waals surface area contributed by atoms with Crippen molar-refractivity contribution in [1.82, 2.24) is 0 Å². The highest BCUT2D eigenvalue weighted by Crippen LogP contribution is 2.47. The van der Waals surface area contributed by atoms with Crippen molar-refractivity contribution in [2.45, 2.75) is 11.2 Å². The first-order chi connectivity index (χ1) is 11.7. The molecule has 0 bridgehead atoms. The summed E-state index contributed by atoms with van der Waals surface area (Å²) in [6.45, 7) is 0.0835. The molecule has 24 heavy (non-hydrogen) atoms. The van der Waals surface area contributed by atoms with E-state index in [0.717, 1.165) is 11.5 Å². The van der Waals surface area contributed by atoms with Crippen molar-refractivity contribution < 1.29 is 13.9 Å². The van der Waals surface area contributed by atoms with Gasteiger partial charge in [0, 0.05) is 17.1 Å². The number of halogens is 1. The predicted molar refractivity (Wildman–Crippen MR) is 96.1 cm³/mol. The summed E-state index contributed by atoms with van der Waals surface area (Å²) in [7, 11) is 1.60. The van der Waals surface area contributed by atoms with Crippen LogP contribution in [-0.2, 0) is 6.61 Å². The Hall–Kier alpha value is -1.84. The van der Waals surface area contributed by atoms with E-state index in [1.807, 2.05) is 47.8 Å². The minimum atomic E-state index is -0.441. The summed E-state index contributed by atoms with van der Waals surface area (Å²) in [6.07, 6.45) is 0. The molecule has 2 aromatic carbocycles. The van der Waals surface area contributed by atoms with E-state index in [1.165, 1.54) is 11.6 Å². The lowest BCUT2D eigenvalue weighted by Crippen LogP contribution is -2.01. The van der Waals surface area contributed by atoms with Gasteiger partial charge >= 0.3 is 0 Å². The molecule has 1 aliphatic rings. The molecule has 0 aromatic heterocycles. The van der Waals surface area contributed by atoms with Crippen molar-refractivity contribution in [3.05, 3.63) is 58.9 Å². The van der Waals surface area contributed by atoms with Crippen LogP contribution in [0, 0.1) is 17.1 Å². The summed E-state index contributed by atoms with van der Waals surface area (Å²) in [4.78, 5) is 0. The topological polar surface area (TPSA) is 42.2 Å². The molecular weight excluding hydrogens is 345 g/mol. The van der Waals surface area contributed by atoms with Gasteiger partial charge in [-0.3, -0.25) is 0 Å². The molecule has 6 heteroatoms. The fourth-order valence-electron chi connectivity index (χ4n) is 2.39. The Morgan fingerprint density at radius 1 is 1.17 bits per heavy atom. The van der Waals surface area contributed by atoms with Gasteiger partial charge in [0.1, 0.15) is 12.4 Å². The summed E-state index contributed by atoms with van der Waals surface area (Å²) in [5.74, 6) is 3.11. The summed E-state index contributed by atoms with van der Waals surface area (Å²) in [6, 6.07) is 12.2. The van der Waals surface area contributed by atoms with Crippen LogP contribution in [0.1, 0.15) is 21.3 Å². The van der Waals surface area contributed by atoms with Crippen LogP contribution in [0.4, 0.5) is 4.39 Å². The van der Waals surface area contributed by atoms with Crippen LogP contribution in [-0.4, -0.2) is 18.6 Å². The van der Waals surface area contributed by atoms with Crippen LogP contribution in [0.3, 0.4) is 0 Å². The summed E-state index contributed by atoms with van der Waals surface area (Å²) in [5, 5.41) is 8.78. The van der Waals surface area contributed by atoms with E-state index in [1.54, 1.807) is 19.2 Å². The fourth-order valence-corrected chi connectivity index (χ4v) is 5.23. The molecule has 1 heterocycles. The second-order valence-corrected chi connectivity index (χ2v) is 7.91. The van der Waals surface area contributed by atoms with Crippen LogP contribution in [0.5, 0.6) is 11.5 Å². The fraction of sp³-hybridized carbons (Fsp3) is 0.278. The zero-order valence-electron chi connectivity index (χ0n) is 13.1. The lowest BCUT2D eigenvalue weighted by Gasteiger charge is -2.14. The maximum atomic E-state index is 13.9. The molecule has 124 valence electrons. The van der Waals surface area contributed by atoms with Crippen molar-refractivity contribution in [3.63, 3.8) is 0 Å². The van der Waals surface area contributed by atoms with Crippen molar-refractivity contribution in [2.24, 2.45) is 0 Å². The maximum absolute atomic E-state index is 13.9. The van der Waals surface area contributed by atoms with E-state index in [0.29, 0.717) is 27.2 Å².